The highest BCUT2D eigenvalue weighted by Crippen LogP contribution is 2.24. The second-order valence-corrected chi connectivity index (χ2v) is 7.44. The topological polar surface area (TPSA) is 98.7 Å². The van der Waals surface area contributed by atoms with Crippen LogP contribution in [0.25, 0.3) is 0 Å². The van der Waals surface area contributed by atoms with E-state index in [1.807, 2.05) is 11.8 Å². The lowest BCUT2D eigenvalue weighted by molar-refractivity contribution is -0.136. The van der Waals surface area contributed by atoms with E-state index in [9.17, 15) is 14.4 Å². The Morgan fingerprint density at radius 3 is 2.42 bits per heavy atom. The van der Waals surface area contributed by atoms with Gasteiger partial charge in [-0.15, -0.1) is 0 Å². The number of carbonyl (C=O) groups excluding carboxylic acids is 3. The van der Waals surface area contributed by atoms with Gasteiger partial charge in [0.05, 0.1) is 0 Å². The van der Waals surface area contributed by atoms with Gasteiger partial charge < -0.3 is 10.2 Å². The van der Waals surface area contributed by atoms with E-state index in [0.717, 1.165) is 51.5 Å². The van der Waals surface area contributed by atoms with Crippen molar-refractivity contribution >= 4 is 17.7 Å². The summed E-state index contributed by atoms with van der Waals surface area (Å²) in [6.45, 7) is 7.05. The van der Waals surface area contributed by atoms with Gasteiger partial charge in [-0.2, -0.15) is 0 Å². The zero-order valence-corrected chi connectivity index (χ0v) is 16.4. The summed E-state index contributed by atoms with van der Waals surface area (Å²) in [4.78, 5) is 37.5. The van der Waals surface area contributed by atoms with Crippen molar-refractivity contribution in [2.45, 2.75) is 90.6 Å². The maximum atomic E-state index is 12.8. The number of nitrogens with one attached hydrogen (secondary N) is 2. The fourth-order valence-electron chi connectivity index (χ4n) is 3.61. The Balaban J connectivity index is 2.34. The molecule has 7 heteroatoms. The summed E-state index contributed by atoms with van der Waals surface area (Å²) in [6.07, 6.45) is 6.68. The average Bonchev–Trinajstić information content (AvgIpc) is 3.04. The van der Waals surface area contributed by atoms with Gasteiger partial charge in [0.1, 0.15) is 0 Å². The Morgan fingerprint density at radius 1 is 1.15 bits per heavy atom. The minimum absolute atomic E-state index is 0.00257. The number of rotatable bonds is 11. The van der Waals surface area contributed by atoms with Crippen LogP contribution in [-0.4, -0.2) is 46.5 Å². The molecule has 1 aliphatic heterocycles. The van der Waals surface area contributed by atoms with E-state index in [-0.39, 0.29) is 30.7 Å². The lowest BCUT2D eigenvalue weighted by Crippen LogP contribution is -2.38. The van der Waals surface area contributed by atoms with Crippen LogP contribution in [0.15, 0.2) is 0 Å². The number of amides is 3. The molecule has 0 aliphatic carbocycles. The van der Waals surface area contributed by atoms with Gasteiger partial charge in [0.2, 0.25) is 17.7 Å². The molecule has 1 saturated heterocycles. The van der Waals surface area contributed by atoms with Gasteiger partial charge in [-0.05, 0) is 46.0 Å². The molecule has 26 heavy (non-hydrogen) atoms. The van der Waals surface area contributed by atoms with Crippen molar-refractivity contribution in [1.29, 1.82) is 0 Å². The van der Waals surface area contributed by atoms with Gasteiger partial charge >= 0.3 is 0 Å². The third-order valence-electron chi connectivity index (χ3n) is 5.12. The largest absolute Gasteiger partial charge is 0.354 e. The first-order chi connectivity index (χ1) is 12.4. The van der Waals surface area contributed by atoms with E-state index in [0.29, 0.717) is 11.9 Å². The van der Waals surface area contributed by atoms with Crippen molar-refractivity contribution in [3.63, 3.8) is 0 Å². The Labute approximate surface area is 156 Å². The molecule has 0 spiro atoms. The fraction of sp³-hybridized carbons (Fsp3) is 0.842. The second kappa shape index (κ2) is 11.9. The van der Waals surface area contributed by atoms with Gasteiger partial charge in [-0.1, -0.05) is 19.8 Å². The van der Waals surface area contributed by atoms with E-state index >= 15 is 0 Å². The van der Waals surface area contributed by atoms with Crippen LogP contribution in [0.3, 0.4) is 0 Å². The molecule has 3 N–H and O–H groups in total. The van der Waals surface area contributed by atoms with Crippen LogP contribution in [0.2, 0.25) is 0 Å². The minimum atomic E-state index is -0.565. The summed E-state index contributed by atoms with van der Waals surface area (Å²) in [7, 11) is 0. The molecular formula is C19H35N3O4. The van der Waals surface area contributed by atoms with Gasteiger partial charge in [0.15, 0.2) is 0 Å². The summed E-state index contributed by atoms with van der Waals surface area (Å²) in [5, 5.41) is 11.3. The van der Waals surface area contributed by atoms with Gasteiger partial charge in [-0.25, -0.2) is 5.48 Å². The highest BCUT2D eigenvalue weighted by Gasteiger charge is 2.29. The van der Waals surface area contributed by atoms with Crippen molar-refractivity contribution in [3.8, 4) is 0 Å². The summed E-state index contributed by atoms with van der Waals surface area (Å²) < 4.78 is 0. The Morgan fingerprint density at radius 2 is 1.85 bits per heavy atom. The summed E-state index contributed by atoms with van der Waals surface area (Å²) in [6, 6.07) is 0.360. The predicted molar refractivity (Wildman–Crippen MR) is 99.4 cm³/mol. The lowest BCUT2D eigenvalue weighted by Gasteiger charge is -2.27. The van der Waals surface area contributed by atoms with Crippen molar-refractivity contribution in [2.75, 3.05) is 6.54 Å². The number of hydrogen-bond donors (Lipinski definition) is 3. The summed E-state index contributed by atoms with van der Waals surface area (Å²) >= 11 is 0. The van der Waals surface area contributed by atoms with Gasteiger partial charge in [0.25, 0.3) is 0 Å². The van der Waals surface area contributed by atoms with Crippen LogP contribution in [-0.2, 0) is 14.4 Å². The van der Waals surface area contributed by atoms with Crippen molar-refractivity contribution in [2.24, 2.45) is 5.92 Å². The first kappa shape index (κ1) is 22.4. The van der Waals surface area contributed by atoms with Crippen molar-refractivity contribution in [1.82, 2.24) is 15.7 Å². The zero-order valence-electron chi connectivity index (χ0n) is 16.4. The van der Waals surface area contributed by atoms with Crippen LogP contribution in [0, 0.1) is 5.92 Å². The van der Waals surface area contributed by atoms with Crippen LogP contribution in [0.1, 0.15) is 78.6 Å². The van der Waals surface area contributed by atoms with Gasteiger partial charge in [0, 0.05) is 37.4 Å². The number of hydroxylamine groups is 1. The number of nitrogens with zero attached hydrogens (tertiary/aromatic N) is 1. The Kier molecular flexibility index (Phi) is 10.2. The quantitative estimate of drug-likeness (QED) is 0.385. The standard InChI is InChI=1S/C19H35N3O4/c1-4-7-16(19(25)22-13-6-9-15(22)3)10-5-8-14(2)20-17(23)11-12-18(24)21-26/h14-16,26H,4-13H2,1-3H3,(H,20,23)(H,21,24). The normalized spacial score (nSPS) is 19.1. The molecular weight excluding hydrogens is 334 g/mol. The molecule has 3 unspecified atom stereocenters. The number of likely N-dealkylation sites (tertiary alicyclic amines) is 1. The molecule has 3 amide bonds. The molecule has 7 nitrogen and oxygen atoms in total. The Hall–Kier alpha value is -1.63. The summed E-state index contributed by atoms with van der Waals surface area (Å²) in [5.41, 5.74) is 1.51. The smallest absolute Gasteiger partial charge is 0.243 e. The molecule has 0 radical (unpaired) electrons. The fourth-order valence-corrected chi connectivity index (χ4v) is 3.61. The first-order valence-electron chi connectivity index (χ1n) is 9.91. The van der Waals surface area contributed by atoms with E-state index in [2.05, 4.69) is 19.2 Å². The Bertz CT molecular complexity index is 470. The molecule has 3 atom stereocenters. The molecule has 1 aliphatic rings. The average molecular weight is 370 g/mol. The SMILES string of the molecule is CCCC(CCCC(C)NC(=O)CCC(=O)NO)C(=O)N1CCCC1C. The molecule has 150 valence electrons. The zero-order chi connectivity index (χ0) is 19.5. The molecule has 0 bridgehead atoms. The van der Waals surface area contributed by atoms with Crippen molar-refractivity contribution < 1.29 is 19.6 Å². The van der Waals surface area contributed by atoms with Crippen LogP contribution >= 0.6 is 0 Å². The lowest BCUT2D eigenvalue weighted by atomic mass is 9.94. The second-order valence-electron chi connectivity index (χ2n) is 7.44. The molecule has 0 saturated carbocycles. The van der Waals surface area contributed by atoms with E-state index in [4.69, 9.17) is 5.21 Å². The monoisotopic (exact) mass is 369 g/mol. The number of hydrogen-bond acceptors (Lipinski definition) is 4. The molecule has 1 rings (SSSR count). The van der Waals surface area contributed by atoms with E-state index in [1.165, 1.54) is 5.48 Å². The maximum Gasteiger partial charge on any atom is 0.243 e. The van der Waals surface area contributed by atoms with Crippen LogP contribution in [0.4, 0.5) is 0 Å². The van der Waals surface area contributed by atoms with Crippen LogP contribution in [0.5, 0.6) is 0 Å². The molecule has 1 fully saturated rings. The third-order valence-corrected chi connectivity index (χ3v) is 5.12. The summed E-state index contributed by atoms with van der Waals surface area (Å²) in [5.74, 6) is -0.390. The first-order valence-corrected chi connectivity index (χ1v) is 9.91. The third kappa shape index (κ3) is 7.72. The van der Waals surface area contributed by atoms with Crippen molar-refractivity contribution in [3.05, 3.63) is 0 Å². The van der Waals surface area contributed by atoms with E-state index in [1.54, 1.807) is 0 Å². The molecule has 1 heterocycles. The highest BCUT2D eigenvalue weighted by molar-refractivity contribution is 5.83. The molecule has 0 aromatic carbocycles. The predicted octanol–water partition coefficient (Wildman–Crippen LogP) is 2.37. The highest BCUT2D eigenvalue weighted by atomic mass is 16.5. The molecule has 0 aromatic rings. The van der Waals surface area contributed by atoms with Crippen LogP contribution < -0.4 is 10.8 Å². The maximum absolute atomic E-state index is 12.8. The minimum Gasteiger partial charge on any atom is -0.354 e. The number of carbonyl (C=O) groups is 3. The molecule has 0 aromatic heterocycles. The van der Waals surface area contributed by atoms with E-state index < -0.39 is 5.91 Å². The van der Waals surface area contributed by atoms with Gasteiger partial charge in [-0.3, -0.25) is 19.6 Å².